The fourth-order valence-electron chi connectivity index (χ4n) is 3.15. The number of likely N-dealkylation sites (tertiary alicyclic amines) is 1. The number of aromatic carboxylic acids is 1. The quantitative estimate of drug-likeness (QED) is 0.938. The number of rotatable bonds is 4. The standard InChI is InChI=1S/C16H20N2O3/c1-12(15-5-3-11-21-15)17-9-6-13(7-10-17)18-8-2-4-14(18)16(19)20/h2-5,8,11-13H,6-7,9-10H2,1H3,(H,19,20). The number of carboxylic acids is 1. The first-order chi connectivity index (χ1) is 10.2. The predicted octanol–water partition coefficient (Wildman–Crippen LogP) is 3.18. The van der Waals surface area contributed by atoms with Gasteiger partial charge in [-0.05, 0) is 44.0 Å². The topological polar surface area (TPSA) is 58.6 Å². The summed E-state index contributed by atoms with van der Waals surface area (Å²) in [5.41, 5.74) is 0.382. The Bertz CT molecular complexity index is 595. The Labute approximate surface area is 123 Å². The molecule has 1 saturated heterocycles. The van der Waals surface area contributed by atoms with Gasteiger partial charge >= 0.3 is 5.97 Å². The molecule has 0 bridgehead atoms. The van der Waals surface area contributed by atoms with E-state index in [4.69, 9.17) is 4.42 Å². The van der Waals surface area contributed by atoms with E-state index in [2.05, 4.69) is 11.8 Å². The van der Waals surface area contributed by atoms with Crippen LogP contribution in [0.5, 0.6) is 0 Å². The van der Waals surface area contributed by atoms with Crippen LogP contribution in [-0.4, -0.2) is 33.6 Å². The van der Waals surface area contributed by atoms with Crippen LogP contribution in [0, 0.1) is 0 Å². The molecule has 3 heterocycles. The Hall–Kier alpha value is -2.01. The van der Waals surface area contributed by atoms with Crippen LogP contribution in [0.2, 0.25) is 0 Å². The number of aromatic nitrogens is 1. The fraction of sp³-hybridized carbons (Fsp3) is 0.438. The van der Waals surface area contributed by atoms with Gasteiger partial charge in [0.25, 0.3) is 0 Å². The van der Waals surface area contributed by atoms with E-state index in [0.717, 1.165) is 31.7 Å². The Kier molecular flexibility index (Phi) is 3.84. The molecule has 5 heteroatoms. The first-order valence-electron chi connectivity index (χ1n) is 7.34. The van der Waals surface area contributed by atoms with E-state index in [0.29, 0.717) is 5.69 Å². The molecule has 2 aromatic rings. The lowest BCUT2D eigenvalue weighted by molar-refractivity contribution is 0.0675. The van der Waals surface area contributed by atoms with Crippen molar-refractivity contribution in [1.29, 1.82) is 0 Å². The highest BCUT2D eigenvalue weighted by atomic mass is 16.4. The van der Waals surface area contributed by atoms with Crippen molar-refractivity contribution in [2.75, 3.05) is 13.1 Å². The molecular formula is C16H20N2O3. The van der Waals surface area contributed by atoms with Crippen LogP contribution in [0.15, 0.2) is 41.1 Å². The number of hydrogen-bond donors (Lipinski definition) is 1. The van der Waals surface area contributed by atoms with Gasteiger partial charge in [-0.1, -0.05) is 0 Å². The third-order valence-electron chi connectivity index (χ3n) is 4.39. The van der Waals surface area contributed by atoms with Crippen LogP contribution in [0.4, 0.5) is 0 Å². The second-order valence-electron chi connectivity index (χ2n) is 5.56. The van der Waals surface area contributed by atoms with Gasteiger partial charge in [0.05, 0.1) is 12.3 Å². The van der Waals surface area contributed by atoms with Gasteiger partial charge in [-0.3, -0.25) is 4.90 Å². The number of piperidine rings is 1. The van der Waals surface area contributed by atoms with Gasteiger partial charge in [-0.2, -0.15) is 0 Å². The molecule has 0 saturated carbocycles. The number of carbonyl (C=O) groups is 1. The normalized spacial score (nSPS) is 18.7. The first-order valence-corrected chi connectivity index (χ1v) is 7.34. The Morgan fingerprint density at radius 2 is 2.10 bits per heavy atom. The number of hydrogen-bond acceptors (Lipinski definition) is 3. The molecule has 0 radical (unpaired) electrons. The highest BCUT2D eigenvalue weighted by Gasteiger charge is 2.27. The van der Waals surface area contributed by atoms with Gasteiger partial charge in [0.15, 0.2) is 0 Å². The minimum atomic E-state index is -0.855. The first kappa shape index (κ1) is 13.9. The maximum atomic E-state index is 11.2. The average molecular weight is 288 g/mol. The summed E-state index contributed by atoms with van der Waals surface area (Å²) in [5, 5.41) is 9.21. The van der Waals surface area contributed by atoms with Crippen molar-refractivity contribution < 1.29 is 14.3 Å². The van der Waals surface area contributed by atoms with Crippen molar-refractivity contribution in [3.05, 3.63) is 48.2 Å². The molecular weight excluding hydrogens is 268 g/mol. The van der Waals surface area contributed by atoms with Crippen molar-refractivity contribution in [2.45, 2.75) is 31.8 Å². The third-order valence-corrected chi connectivity index (χ3v) is 4.39. The average Bonchev–Trinajstić information content (AvgIpc) is 3.18. The summed E-state index contributed by atoms with van der Waals surface area (Å²) >= 11 is 0. The molecule has 0 aliphatic carbocycles. The highest BCUT2D eigenvalue weighted by molar-refractivity contribution is 5.85. The summed E-state index contributed by atoms with van der Waals surface area (Å²) in [6.45, 7) is 4.05. The van der Waals surface area contributed by atoms with Gasteiger partial charge < -0.3 is 14.1 Å². The van der Waals surface area contributed by atoms with Gasteiger partial charge in [0, 0.05) is 25.3 Å². The molecule has 3 rings (SSSR count). The van der Waals surface area contributed by atoms with Crippen LogP contribution in [0.1, 0.15) is 48.1 Å². The largest absolute Gasteiger partial charge is 0.477 e. The predicted molar refractivity (Wildman–Crippen MR) is 78.4 cm³/mol. The molecule has 112 valence electrons. The lowest BCUT2D eigenvalue weighted by Gasteiger charge is -2.36. The maximum absolute atomic E-state index is 11.2. The van der Waals surface area contributed by atoms with Crippen molar-refractivity contribution in [3.63, 3.8) is 0 Å². The van der Waals surface area contributed by atoms with E-state index >= 15 is 0 Å². The van der Waals surface area contributed by atoms with E-state index < -0.39 is 5.97 Å². The van der Waals surface area contributed by atoms with E-state index in [1.165, 1.54) is 0 Å². The van der Waals surface area contributed by atoms with Crippen molar-refractivity contribution in [3.8, 4) is 0 Å². The number of furan rings is 1. The molecule has 21 heavy (non-hydrogen) atoms. The minimum Gasteiger partial charge on any atom is -0.477 e. The molecule has 1 aliphatic heterocycles. The minimum absolute atomic E-state index is 0.268. The number of nitrogens with zero attached hydrogens (tertiary/aromatic N) is 2. The highest BCUT2D eigenvalue weighted by Crippen LogP contribution is 2.30. The lowest BCUT2D eigenvalue weighted by Crippen LogP contribution is -2.36. The van der Waals surface area contributed by atoms with E-state index in [1.54, 1.807) is 18.4 Å². The molecule has 2 aromatic heterocycles. The van der Waals surface area contributed by atoms with Crippen molar-refractivity contribution in [2.24, 2.45) is 0 Å². The summed E-state index contributed by atoms with van der Waals surface area (Å²) in [7, 11) is 0. The van der Waals surface area contributed by atoms with Gasteiger partial charge in [0.1, 0.15) is 11.5 Å². The zero-order chi connectivity index (χ0) is 14.8. The molecule has 0 amide bonds. The fourth-order valence-corrected chi connectivity index (χ4v) is 3.15. The van der Waals surface area contributed by atoms with Gasteiger partial charge in [-0.15, -0.1) is 0 Å². The smallest absolute Gasteiger partial charge is 0.352 e. The molecule has 1 aliphatic rings. The second kappa shape index (κ2) is 5.77. The zero-order valence-electron chi connectivity index (χ0n) is 12.1. The van der Waals surface area contributed by atoms with E-state index in [9.17, 15) is 9.90 Å². The molecule has 1 unspecified atom stereocenters. The third kappa shape index (κ3) is 2.74. The van der Waals surface area contributed by atoms with Crippen LogP contribution >= 0.6 is 0 Å². The molecule has 0 spiro atoms. The van der Waals surface area contributed by atoms with E-state index in [-0.39, 0.29) is 12.1 Å². The Morgan fingerprint density at radius 3 is 2.71 bits per heavy atom. The van der Waals surface area contributed by atoms with Crippen LogP contribution in [0.25, 0.3) is 0 Å². The Morgan fingerprint density at radius 1 is 1.33 bits per heavy atom. The summed E-state index contributed by atoms with van der Waals surface area (Å²) in [6.07, 6.45) is 5.50. The van der Waals surface area contributed by atoms with Gasteiger partial charge in [-0.25, -0.2) is 4.79 Å². The van der Waals surface area contributed by atoms with Crippen molar-refractivity contribution in [1.82, 2.24) is 9.47 Å². The Balaban J connectivity index is 1.65. The second-order valence-corrected chi connectivity index (χ2v) is 5.56. The monoisotopic (exact) mass is 288 g/mol. The zero-order valence-corrected chi connectivity index (χ0v) is 12.1. The summed E-state index contributed by atoms with van der Waals surface area (Å²) in [6, 6.07) is 7.93. The van der Waals surface area contributed by atoms with E-state index in [1.807, 2.05) is 22.9 Å². The summed E-state index contributed by atoms with van der Waals surface area (Å²) in [4.78, 5) is 13.6. The molecule has 1 atom stereocenters. The van der Waals surface area contributed by atoms with Crippen LogP contribution in [0.3, 0.4) is 0 Å². The van der Waals surface area contributed by atoms with Crippen molar-refractivity contribution >= 4 is 5.97 Å². The van der Waals surface area contributed by atoms with Crippen LogP contribution < -0.4 is 0 Å². The SMILES string of the molecule is CC(c1ccco1)N1CCC(n2cccc2C(=O)O)CC1. The summed E-state index contributed by atoms with van der Waals surface area (Å²) < 4.78 is 7.37. The summed E-state index contributed by atoms with van der Waals surface area (Å²) in [5.74, 6) is 0.132. The molecule has 1 fully saturated rings. The van der Waals surface area contributed by atoms with Crippen LogP contribution in [-0.2, 0) is 0 Å². The molecule has 5 nitrogen and oxygen atoms in total. The lowest BCUT2D eigenvalue weighted by atomic mass is 10.0. The molecule has 1 N–H and O–H groups in total. The number of carboxylic acid groups (broad SMARTS) is 1. The maximum Gasteiger partial charge on any atom is 0.352 e. The molecule has 0 aromatic carbocycles. The van der Waals surface area contributed by atoms with Gasteiger partial charge in [0.2, 0.25) is 0 Å².